The maximum Gasteiger partial charge on any atom is 0.243 e. The molecule has 4 rings (SSSR count). The number of fused-ring (bicyclic) bond motifs is 1. The van der Waals surface area contributed by atoms with Crippen LogP contribution in [0.25, 0.3) is 0 Å². The first-order valence-corrected chi connectivity index (χ1v) is 11.0. The molecule has 0 fully saturated rings. The smallest absolute Gasteiger partial charge is 0.243 e. The zero-order valence-electron chi connectivity index (χ0n) is 16.0. The average molecular weight is 393 g/mol. The van der Waals surface area contributed by atoms with E-state index >= 15 is 0 Å². The van der Waals surface area contributed by atoms with Gasteiger partial charge in [0, 0.05) is 25.5 Å². The van der Waals surface area contributed by atoms with Crippen molar-refractivity contribution in [3.05, 3.63) is 94.8 Å². The van der Waals surface area contributed by atoms with Crippen molar-refractivity contribution in [2.75, 3.05) is 0 Å². The number of pyridine rings is 1. The van der Waals surface area contributed by atoms with E-state index in [0.717, 1.165) is 36.0 Å². The van der Waals surface area contributed by atoms with Crippen LogP contribution in [0, 0.1) is 6.92 Å². The highest BCUT2D eigenvalue weighted by Gasteiger charge is 2.27. The lowest BCUT2D eigenvalue weighted by molar-refractivity contribution is 0.400. The Morgan fingerprint density at radius 2 is 1.79 bits per heavy atom. The molecule has 1 heterocycles. The lowest BCUT2D eigenvalue weighted by Crippen LogP contribution is -2.30. The third-order valence-electron chi connectivity index (χ3n) is 5.40. The van der Waals surface area contributed by atoms with E-state index in [1.54, 1.807) is 22.8 Å². The SMILES string of the molecule is Cc1ccccc1CN(Cc1cccnc1)S(=O)(=O)c1ccc2c(c1)CCC2. The van der Waals surface area contributed by atoms with E-state index in [0.29, 0.717) is 18.0 Å². The molecule has 5 heteroatoms. The van der Waals surface area contributed by atoms with E-state index < -0.39 is 10.0 Å². The molecule has 0 saturated carbocycles. The molecule has 0 unspecified atom stereocenters. The molecule has 0 bridgehead atoms. The Bertz CT molecular complexity index is 1080. The predicted octanol–water partition coefficient (Wildman–Crippen LogP) is 4.27. The van der Waals surface area contributed by atoms with E-state index in [9.17, 15) is 8.42 Å². The van der Waals surface area contributed by atoms with Gasteiger partial charge in [0.05, 0.1) is 4.90 Å². The van der Waals surface area contributed by atoms with Crippen molar-refractivity contribution in [2.45, 2.75) is 44.2 Å². The minimum atomic E-state index is -3.63. The third-order valence-corrected chi connectivity index (χ3v) is 7.19. The Hall–Kier alpha value is -2.50. The second-order valence-electron chi connectivity index (χ2n) is 7.34. The van der Waals surface area contributed by atoms with Gasteiger partial charge in [0.15, 0.2) is 0 Å². The number of rotatable bonds is 6. The minimum absolute atomic E-state index is 0.293. The van der Waals surface area contributed by atoms with E-state index in [4.69, 9.17) is 0 Å². The summed E-state index contributed by atoms with van der Waals surface area (Å²) >= 11 is 0. The van der Waals surface area contributed by atoms with Crippen molar-refractivity contribution in [1.82, 2.24) is 9.29 Å². The summed E-state index contributed by atoms with van der Waals surface area (Å²) in [5.74, 6) is 0. The van der Waals surface area contributed by atoms with Crippen molar-refractivity contribution in [2.24, 2.45) is 0 Å². The van der Waals surface area contributed by atoms with E-state index in [1.807, 2.05) is 55.5 Å². The Morgan fingerprint density at radius 3 is 2.57 bits per heavy atom. The quantitative estimate of drug-likeness (QED) is 0.629. The van der Waals surface area contributed by atoms with Crippen molar-refractivity contribution in [1.29, 1.82) is 0 Å². The van der Waals surface area contributed by atoms with Gasteiger partial charge >= 0.3 is 0 Å². The monoisotopic (exact) mass is 392 g/mol. The molecule has 0 N–H and O–H groups in total. The Labute approximate surface area is 166 Å². The van der Waals surface area contributed by atoms with Gasteiger partial charge in [-0.2, -0.15) is 4.31 Å². The normalized spacial score (nSPS) is 13.6. The second-order valence-corrected chi connectivity index (χ2v) is 9.28. The van der Waals surface area contributed by atoms with Gasteiger partial charge in [0.1, 0.15) is 0 Å². The number of hydrogen-bond donors (Lipinski definition) is 0. The fourth-order valence-electron chi connectivity index (χ4n) is 3.76. The molecule has 28 heavy (non-hydrogen) atoms. The molecule has 4 nitrogen and oxygen atoms in total. The summed E-state index contributed by atoms with van der Waals surface area (Å²) in [4.78, 5) is 4.52. The van der Waals surface area contributed by atoms with Crippen molar-refractivity contribution in [3.8, 4) is 0 Å². The van der Waals surface area contributed by atoms with Crippen molar-refractivity contribution in [3.63, 3.8) is 0 Å². The van der Waals surface area contributed by atoms with Crippen LogP contribution in [0.1, 0.15) is 34.2 Å². The third kappa shape index (κ3) is 3.86. The molecular weight excluding hydrogens is 368 g/mol. The number of benzene rings is 2. The summed E-state index contributed by atoms with van der Waals surface area (Å²) in [6.45, 7) is 2.64. The Balaban J connectivity index is 1.72. The molecule has 0 saturated heterocycles. The molecule has 1 aliphatic carbocycles. The van der Waals surface area contributed by atoms with Crippen LogP contribution in [0.5, 0.6) is 0 Å². The molecular formula is C23H24N2O2S. The Morgan fingerprint density at radius 1 is 0.964 bits per heavy atom. The van der Waals surface area contributed by atoms with E-state index in [1.165, 1.54) is 11.1 Å². The molecule has 0 spiro atoms. The van der Waals surface area contributed by atoms with Crippen LogP contribution in [0.4, 0.5) is 0 Å². The van der Waals surface area contributed by atoms with Crippen LogP contribution >= 0.6 is 0 Å². The summed E-state index contributed by atoms with van der Waals surface area (Å²) in [6.07, 6.45) is 6.52. The first-order valence-electron chi connectivity index (χ1n) is 9.59. The van der Waals surface area contributed by atoms with Crippen LogP contribution < -0.4 is 0 Å². The fourth-order valence-corrected chi connectivity index (χ4v) is 5.21. The largest absolute Gasteiger partial charge is 0.264 e. The highest BCUT2D eigenvalue weighted by atomic mass is 32.2. The number of sulfonamides is 1. The van der Waals surface area contributed by atoms with Crippen LogP contribution in [0.15, 0.2) is 71.9 Å². The highest BCUT2D eigenvalue weighted by molar-refractivity contribution is 7.89. The lowest BCUT2D eigenvalue weighted by atomic mass is 10.1. The predicted molar refractivity (Wildman–Crippen MR) is 110 cm³/mol. The number of nitrogens with zero attached hydrogens (tertiary/aromatic N) is 2. The average Bonchev–Trinajstić information content (AvgIpc) is 3.18. The molecule has 1 aliphatic rings. The van der Waals surface area contributed by atoms with Gasteiger partial charge in [-0.25, -0.2) is 8.42 Å². The number of hydrogen-bond acceptors (Lipinski definition) is 3. The van der Waals surface area contributed by atoms with Crippen LogP contribution in [-0.2, 0) is 36.0 Å². The summed E-state index contributed by atoms with van der Waals surface area (Å²) in [7, 11) is -3.63. The maximum atomic E-state index is 13.6. The first-order chi connectivity index (χ1) is 13.5. The van der Waals surface area contributed by atoms with Crippen LogP contribution in [-0.4, -0.2) is 17.7 Å². The van der Waals surface area contributed by atoms with Gasteiger partial charge in [-0.05, 0) is 72.2 Å². The van der Waals surface area contributed by atoms with Gasteiger partial charge in [-0.3, -0.25) is 4.98 Å². The summed E-state index contributed by atoms with van der Waals surface area (Å²) < 4.78 is 28.7. The molecule has 0 amide bonds. The second kappa shape index (κ2) is 7.86. The molecule has 1 aromatic heterocycles. The van der Waals surface area contributed by atoms with Crippen LogP contribution in [0.3, 0.4) is 0 Å². The summed E-state index contributed by atoms with van der Waals surface area (Å²) in [5.41, 5.74) is 5.41. The van der Waals surface area contributed by atoms with E-state index in [-0.39, 0.29) is 0 Å². The highest BCUT2D eigenvalue weighted by Crippen LogP contribution is 2.28. The zero-order chi connectivity index (χ0) is 19.6. The van der Waals surface area contributed by atoms with Gasteiger partial charge in [-0.1, -0.05) is 36.4 Å². The van der Waals surface area contributed by atoms with E-state index in [2.05, 4.69) is 4.98 Å². The lowest BCUT2D eigenvalue weighted by Gasteiger charge is -2.23. The molecule has 144 valence electrons. The summed E-state index contributed by atoms with van der Waals surface area (Å²) in [5, 5.41) is 0. The molecule has 3 aromatic rings. The Kier molecular flexibility index (Phi) is 5.29. The number of aromatic nitrogens is 1. The van der Waals surface area contributed by atoms with Gasteiger partial charge in [0.25, 0.3) is 0 Å². The fraction of sp³-hybridized carbons (Fsp3) is 0.261. The topological polar surface area (TPSA) is 50.3 Å². The maximum absolute atomic E-state index is 13.6. The molecule has 0 atom stereocenters. The van der Waals surface area contributed by atoms with Gasteiger partial charge in [-0.15, -0.1) is 0 Å². The summed E-state index contributed by atoms with van der Waals surface area (Å²) in [6, 6.07) is 17.3. The molecule has 0 aliphatic heterocycles. The van der Waals surface area contributed by atoms with Gasteiger partial charge in [0.2, 0.25) is 10.0 Å². The first kappa shape index (κ1) is 18.8. The van der Waals surface area contributed by atoms with Gasteiger partial charge < -0.3 is 0 Å². The minimum Gasteiger partial charge on any atom is -0.264 e. The standard InChI is InChI=1S/C23H24N2O2S/c1-18-6-2-3-8-22(18)17-25(16-19-7-5-13-24-15-19)28(26,27)23-12-11-20-9-4-10-21(20)14-23/h2-3,5-8,11-15H,4,9-10,16-17H2,1H3. The van der Waals surface area contributed by atoms with Crippen LogP contribution in [0.2, 0.25) is 0 Å². The molecule has 2 aromatic carbocycles. The molecule has 0 radical (unpaired) electrons. The number of aryl methyl sites for hydroxylation is 3. The zero-order valence-corrected chi connectivity index (χ0v) is 16.8. The van der Waals surface area contributed by atoms with Crippen molar-refractivity contribution >= 4 is 10.0 Å². The van der Waals surface area contributed by atoms with Crippen molar-refractivity contribution < 1.29 is 8.42 Å².